The third kappa shape index (κ3) is 3.57. The summed E-state index contributed by atoms with van der Waals surface area (Å²) in [6.07, 6.45) is 1.96. The van der Waals surface area contributed by atoms with Crippen molar-refractivity contribution in [3.05, 3.63) is 35.4 Å². The summed E-state index contributed by atoms with van der Waals surface area (Å²) in [5, 5.41) is 13.0. The summed E-state index contributed by atoms with van der Waals surface area (Å²) in [6.45, 7) is 2.52. The van der Waals surface area contributed by atoms with E-state index in [4.69, 9.17) is 10.1 Å². The largest absolute Gasteiger partial charge is 0.391 e. The summed E-state index contributed by atoms with van der Waals surface area (Å²) in [6, 6.07) is 9.53. The highest BCUT2D eigenvalue weighted by Crippen LogP contribution is 2.08. The molecule has 1 aromatic carbocycles. The van der Waals surface area contributed by atoms with Crippen molar-refractivity contribution in [3.8, 4) is 6.07 Å². The third-order valence-corrected chi connectivity index (χ3v) is 3.05. The Morgan fingerprint density at radius 1 is 1.39 bits per heavy atom. The molecule has 0 unspecified atom stereocenters. The topological polar surface area (TPSA) is 48.6 Å². The monoisotopic (exact) mass is 243 g/mol. The van der Waals surface area contributed by atoms with Gasteiger partial charge >= 0.3 is 0 Å². The highest BCUT2D eigenvalue weighted by Gasteiger charge is 2.11. The molecule has 1 aliphatic heterocycles. The molecule has 94 valence electrons. The summed E-state index contributed by atoms with van der Waals surface area (Å²) in [7, 11) is 2.12. The normalized spacial score (nSPS) is 16.1. The molecule has 1 heterocycles. The standard InChI is InChI=1S/C14H17N3O/c1-17-7-5-14(6-8-17)16-18-11-13-4-2-3-12(9-13)10-15/h2-4,9H,5-8,11H2,1H3. The van der Waals surface area contributed by atoms with Crippen LogP contribution < -0.4 is 0 Å². The minimum absolute atomic E-state index is 0.425. The molecule has 2 rings (SSSR count). The minimum atomic E-state index is 0.425. The Kier molecular flexibility index (Phi) is 4.32. The maximum atomic E-state index is 8.79. The van der Waals surface area contributed by atoms with Crippen molar-refractivity contribution >= 4 is 5.71 Å². The summed E-state index contributed by atoms with van der Waals surface area (Å²) in [5.41, 5.74) is 2.76. The zero-order valence-electron chi connectivity index (χ0n) is 10.6. The van der Waals surface area contributed by atoms with E-state index in [2.05, 4.69) is 23.2 Å². The fourth-order valence-corrected chi connectivity index (χ4v) is 1.90. The van der Waals surface area contributed by atoms with Crippen molar-refractivity contribution in [1.29, 1.82) is 5.26 Å². The van der Waals surface area contributed by atoms with Gasteiger partial charge in [-0.1, -0.05) is 17.3 Å². The number of hydrogen-bond donors (Lipinski definition) is 0. The molecule has 0 bridgehead atoms. The number of hydrogen-bond acceptors (Lipinski definition) is 4. The van der Waals surface area contributed by atoms with Crippen LogP contribution in [0.15, 0.2) is 29.4 Å². The van der Waals surface area contributed by atoms with Crippen molar-refractivity contribution < 1.29 is 4.84 Å². The molecule has 4 heteroatoms. The molecule has 1 aromatic rings. The zero-order chi connectivity index (χ0) is 12.8. The minimum Gasteiger partial charge on any atom is -0.391 e. The van der Waals surface area contributed by atoms with E-state index in [-0.39, 0.29) is 0 Å². The number of nitriles is 1. The van der Waals surface area contributed by atoms with Crippen LogP contribution in [0.25, 0.3) is 0 Å². The zero-order valence-corrected chi connectivity index (χ0v) is 10.6. The summed E-state index contributed by atoms with van der Waals surface area (Å²) >= 11 is 0. The number of oxime groups is 1. The molecule has 0 atom stereocenters. The van der Waals surface area contributed by atoms with Gasteiger partial charge in [-0.15, -0.1) is 0 Å². The molecule has 0 spiro atoms. The molecule has 0 aromatic heterocycles. The van der Waals surface area contributed by atoms with Crippen molar-refractivity contribution in [2.45, 2.75) is 19.4 Å². The molecule has 1 saturated heterocycles. The second-order valence-electron chi connectivity index (χ2n) is 4.55. The molecular formula is C14H17N3O. The molecule has 18 heavy (non-hydrogen) atoms. The first-order valence-corrected chi connectivity index (χ1v) is 6.13. The number of rotatable bonds is 3. The van der Waals surface area contributed by atoms with Gasteiger partial charge in [0, 0.05) is 25.9 Å². The fourth-order valence-electron chi connectivity index (χ4n) is 1.90. The van der Waals surface area contributed by atoms with Gasteiger partial charge in [0.2, 0.25) is 0 Å². The van der Waals surface area contributed by atoms with E-state index in [0.29, 0.717) is 12.2 Å². The van der Waals surface area contributed by atoms with Crippen LogP contribution in [0.3, 0.4) is 0 Å². The van der Waals surface area contributed by atoms with Crippen LogP contribution in [0.2, 0.25) is 0 Å². The van der Waals surface area contributed by atoms with Crippen molar-refractivity contribution in [3.63, 3.8) is 0 Å². The van der Waals surface area contributed by atoms with Gasteiger partial charge in [-0.2, -0.15) is 5.26 Å². The first-order valence-electron chi connectivity index (χ1n) is 6.13. The van der Waals surface area contributed by atoms with Crippen molar-refractivity contribution in [1.82, 2.24) is 4.90 Å². The van der Waals surface area contributed by atoms with Gasteiger partial charge in [0.15, 0.2) is 0 Å². The molecule has 0 N–H and O–H groups in total. The Bertz CT molecular complexity index is 466. The average Bonchev–Trinajstić information content (AvgIpc) is 2.41. The number of likely N-dealkylation sites (tertiary alicyclic amines) is 1. The maximum Gasteiger partial charge on any atom is 0.142 e. The molecule has 0 aliphatic carbocycles. The highest BCUT2D eigenvalue weighted by molar-refractivity contribution is 5.84. The highest BCUT2D eigenvalue weighted by atomic mass is 16.6. The van der Waals surface area contributed by atoms with Crippen LogP contribution in [0.5, 0.6) is 0 Å². The molecule has 0 saturated carbocycles. The Morgan fingerprint density at radius 3 is 2.89 bits per heavy atom. The van der Waals surface area contributed by atoms with Gasteiger partial charge in [0.05, 0.1) is 17.3 Å². The predicted molar refractivity (Wildman–Crippen MR) is 70.1 cm³/mol. The molecule has 0 amide bonds. The smallest absolute Gasteiger partial charge is 0.142 e. The number of benzene rings is 1. The van der Waals surface area contributed by atoms with E-state index < -0.39 is 0 Å². The van der Waals surface area contributed by atoms with E-state index in [9.17, 15) is 0 Å². The van der Waals surface area contributed by atoms with Crippen LogP contribution in [-0.4, -0.2) is 30.7 Å². The second-order valence-corrected chi connectivity index (χ2v) is 4.55. The van der Waals surface area contributed by atoms with Gasteiger partial charge in [-0.05, 0) is 24.7 Å². The lowest BCUT2D eigenvalue weighted by molar-refractivity contribution is 0.127. The fraction of sp³-hybridized carbons (Fsp3) is 0.429. The summed E-state index contributed by atoms with van der Waals surface area (Å²) < 4.78 is 0. The van der Waals surface area contributed by atoms with Crippen LogP contribution >= 0.6 is 0 Å². The Labute approximate surface area is 107 Å². The van der Waals surface area contributed by atoms with Crippen LogP contribution in [0, 0.1) is 11.3 Å². The lowest BCUT2D eigenvalue weighted by atomic mass is 10.1. The lowest BCUT2D eigenvalue weighted by Crippen LogP contribution is -2.30. The quantitative estimate of drug-likeness (QED) is 0.764. The van der Waals surface area contributed by atoms with Gasteiger partial charge in [0.25, 0.3) is 0 Å². The van der Waals surface area contributed by atoms with E-state index in [1.165, 1.54) is 0 Å². The molecular weight excluding hydrogens is 226 g/mol. The Morgan fingerprint density at radius 2 is 2.17 bits per heavy atom. The predicted octanol–water partition coefficient (Wildman–Crippen LogP) is 2.16. The van der Waals surface area contributed by atoms with Gasteiger partial charge < -0.3 is 9.74 Å². The molecule has 1 fully saturated rings. The van der Waals surface area contributed by atoms with E-state index in [1.807, 2.05) is 18.2 Å². The van der Waals surface area contributed by atoms with Crippen LogP contribution in [0.1, 0.15) is 24.0 Å². The summed E-state index contributed by atoms with van der Waals surface area (Å²) in [5.74, 6) is 0. The van der Waals surface area contributed by atoms with Gasteiger partial charge in [-0.3, -0.25) is 0 Å². The van der Waals surface area contributed by atoms with E-state index in [0.717, 1.165) is 37.2 Å². The first-order chi connectivity index (χ1) is 8.78. The second kappa shape index (κ2) is 6.18. The van der Waals surface area contributed by atoms with Crippen molar-refractivity contribution in [2.24, 2.45) is 5.16 Å². The number of piperidine rings is 1. The van der Waals surface area contributed by atoms with E-state index in [1.54, 1.807) is 6.07 Å². The van der Waals surface area contributed by atoms with Crippen LogP contribution in [-0.2, 0) is 11.4 Å². The van der Waals surface area contributed by atoms with Gasteiger partial charge in [-0.25, -0.2) is 0 Å². The first kappa shape index (κ1) is 12.6. The SMILES string of the molecule is CN1CCC(=NOCc2cccc(C#N)c2)CC1. The van der Waals surface area contributed by atoms with Gasteiger partial charge in [0.1, 0.15) is 6.61 Å². The molecule has 0 radical (unpaired) electrons. The summed E-state index contributed by atoms with van der Waals surface area (Å²) in [4.78, 5) is 7.64. The van der Waals surface area contributed by atoms with Crippen molar-refractivity contribution in [2.75, 3.05) is 20.1 Å². The third-order valence-electron chi connectivity index (χ3n) is 3.05. The Balaban J connectivity index is 1.84. The van der Waals surface area contributed by atoms with Crippen LogP contribution in [0.4, 0.5) is 0 Å². The average molecular weight is 243 g/mol. The number of nitrogens with zero attached hydrogens (tertiary/aromatic N) is 3. The Hall–Kier alpha value is -1.86. The maximum absolute atomic E-state index is 8.79. The lowest BCUT2D eigenvalue weighted by Gasteiger charge is -2.22. The molecule has 1 aliphatic rings. The molecule has 4 nitrogen and oxygen atoms in total. The van der Waals surface area contributed by atoms with E-state index >= 15 is 0 Å².